The first kappa shape index (κ1) is 39.5. The summed E-state index contributed by atoms with van der Waals surface area (Å²) in [6, 6.07) is 7.92. The molecule has 0 unspecified atom stereocenters. The maximum absolute atomic E-state index is 13.7. The largest absolute Gasteiger partial charge is 0.497 e. The molecule has 4 aliphatic carbocycles. The highest BCUT2D eigenvalue weighted by atomic mass is 16.5. The van der Waals surface area contributed by atoms with Crippen LogP contribution >= 0.6 is 0 Å². The minimum Gasteiger partial charge on any atom is -0.497 e. The number of aromatic nitrogens is 3. The van der Waals surface area contributed by atoms with Crippen molar-refractivity contribution in [3.8, 4) is 17.1 Å². The molecule has 3 saturated carbocycles. The first-order valence-electron chi connectivity index (χ1n) is 20.8. The van der Waals surface area contributed by atoms with Crippen LogP contribution in [0, 0.1) is 62.6 Å². The molecule has 2 heterocycles. The van der Waals surface area contributed by atoms with E-state index in [1.165, 1.54) is 5.57 Å². The second-order valence-corrected chi connectivity index (χ2v) is 20.3. The van der Waals surface area contributed by atoms with Crippen LogP contribution in [0.5, 0.6) is 5.75 Å². The quantitative estimate of drug-likeness (QED) is 0.232. The van der Waals surface area contributed by atoms with Gasteiger partial charge in [-0.2, -0.15) is 5.10 Å². The average Bonchev–Trinajstić information content (AvgIpc) is 3.61. The van der Waals surface area contributed by atoms with Crippen molar-refractivity contribution >= 4 is 5.97 Å². The van der Waals surface area contributed by atoms with Gasteiger partial charge in [0.1, 0.15) is 12.1 Å². The number of benzene rings is 1. The second kappa shape index (κ2) is 13.4. The lowest BCUT2D eigenvalue weighted by Crippen LogP contribution is -2.70. The normalized spacial score (nSPS) is 40.6. The molecule has 5 aliphatic rings. The fourth-order valence-corrected chi connectivity index (χ4v) is 13.0. The third-order valence-corrected chi connectivity index (χ3v) is 17.1. The molecule has 1 saturated heterocycles. The molecule has 1 aromatic heterocycles. The molecular formula is C45H68N4O5. The number of hydrogen-bond acceptors (Lipinski definition) is 7. The number of hydrogen-bond donors (Lipinski definition) is 2. The van der Waals surface area contributed by atoms with Gasteiger partial charge in [0.05, 0.1) is 45.0 Å². The Morgan fingerprint density at radius 3 is 2.50 bits per heavy atom. The number of nitrogens with zero attached hydrogens (tertiary/aromatic N) is 3. The van der Waals surface area contributed by atoms with E-state index >= 15 is 0 Å². The van der Waals surface area contributed by atoms with E-state index in [0.29, 0.717) is 31.7 Å². The molecule has 54 heavy (non-hydrogen) atoms. The number of carboxylic acid groups (broad SMARTS) is 1. The molecule has 298 valence electrons. The fraction of sp³-hybridized carbons (Fsp3) is 0.756. The van der Waals surface area contributed by atoms with Gasteiger partial charge in [-0.1, -0.05) is 86.1 Å². The SMILES string of the molecule is COc1cccc(-c2ncnn2[C@@H]2C[C@]3(C)COC[C@@]4(C5=CC[C@@]6(C)[C@H](C(=O)O)[C@@](C)([C@H](C)C(C)C)CC[C@]6(C)[C@H]5CC[C@H]34)[C@H]2OC[C@](C)(N)C(C)C)c1. The van der Waals surface area contributed by atoms with Crippen LogP contribution < -0.4 is 10.5 Å². The first-order valence-corrected chi connectivity index (χ1v) is 20.8. The van der Waals surface area contributed by atoms with Crippen molar-refractivity contribution in [1.82, 2.24) is 14.8 Å². The van der Waals surface area contributed by atoms with Gasteiger partial charge in [-0.3, -0.25) is 4.79 Å². The fourth-order valence-electron chi connectivity index (χ4n) is 13.0. The summed E-state index contributed by atoms with van der Waals surface area (Å²) in [4.78, 5) is 18.5. The smallest absolute Gasteiger partial charge is 0.307 e. The van der Waals surface area contributed by atoms with Gasteiger partial charge >= 0.3 is 5.97 Å². The van der Waals surface area contributed by atoms with E-state index in [1.807, 2.05) is 18.2 Å². The summed E-state index contributed by atoms with van der Waals surface area (Å²) in [5, 5.41) is 16.2. The summed E-state index contributed by atoms with van der Waals surface area (Å²) in [7, 11) is 1.69. The number of carboxylic acids is 1. The van der Waals surface area contributed by atoms with E-state index in [9.17, 15) is 9.90 Å². The van der Waals surface area contributed by atoms with Crippen molar-refractivity contribution in [1.29, 1.82) is 0 Å². The average molecular weight is 745 g/mol. The molecule has 9 nitrogen and oxygen atoms in total. The summed E-state index contributed by atoms with van der Waals surface area (Å²) in [6.07, 6.45) is 9.49. The number of methoxy groups -OCH3 is 1. The third-order valence-electron chi connectivity index (χ3n) is 17.1. The van der Waals surface area contributed by atoms with E-state index in [0.717, 1.165) is 55.7 Å². The Balaban J connectivity index is 1.40. The molecule has 2 bridgehead atoms. The lowest BCUT2D eigenvalue weighted by molar-refractivity contribution is -0.254. The molecule has 0 amide bonds. The number of rotatable bonds is 10. The van der Waals surface area contributed by atoms with Crippen molar-refractivity contribution in [3.05, 3.63) is 42.2 Å². The minimum atomic E-state index is -0.637. The molecule has 0 spiro atoms. The van der Waals surface area contributed by atoms with E-state index in [2.05, 4.69) is 86.1 Å². The van der Waals surface area contributed by atoms with E-state index in [1.54, 1.807) is 13.4 Å². The van der Waals surface area contributed by atoms with E-state index < -0.39 is 28.3 Å². The van der Waals surface area contributed by atoms with Crippen molar-refractivity contribution in [2.75, 3.05) is 26.9 Å². The van der Waals surface area contributed by atoms with E-state index in [4.69, 9.17) is 30.0 Å². The monoisotopic (exact) mass is 745 g/mol. The molecule has 1 aliphatic heterocycles. The zero-order valence-electron chi connectivity index (χ0n) is 34.9. The Hall–Kier alpha value is -2.75. The molecule has 12 atom stereocenters. The highest BCUT2D eigenvalue weighted by Gasteiger charge is 2.72. The summed E-state index contributed by atoms with van der Waals surface area (Å²) < 4.78 is 22.0. The maximum Gasteiger partial charge on any atom is 0.307 e. The van der Waals surface area contributed by atoms with Crippen LogP contribution in [0.25, 0.3) is 11.4 Å². The van der Waals surface area contributed by atoms with Gasteiger partial charge in [0, 0.05) is 16.5 Å². The molecule has 7 rings (SSSR count). The highest BCUT2D eigenvalue weighted by molar-refractivity contribution is 5.73. The maximum atomic E-state index is 13.7. The van der Waals surface area contributed by atoms with Gasteiger partial charge in [0.15, 0.2) is 5.82 Å². The first-order chi connectivity index (χ1) is 25.3. The van der Waals surface area contributed by atoms with Gasteiger partial charge in [-0.05, 0) is 109 Å². The van der Waals surface area contributed by atoms with Gasteiger partial charge in [-0.15, -0.1) is 0 Å². The summed E-state index contributed by atoms with van der Waals surface area (Å²) in [5.74, 6) is 1.94. The second-order valence-electron chi connectivity index (χ2n) is 20.3. The Morgan fingerprint density at radius 1 is 1.09 bits per heavy atom. The standard InChI is InChI=1S/C45H68N4O5/c1-27(2)29(5)41(7)19-20-42(8)32-15-16-35-40(6)22-34(49-38(47-26-48-49)30-13-12-14-31(21-30)52-11)37(54-24-44(10,46)28(3)4)45(35,25-53-23-40)33(32)17-18-43(42,9)36(41)39(50)51/h12-14,17,21,26-29,32,34-37H,15-16,18-20,22-25,46H2,1-11H3,(H,50,51)/t29-,32+,34-,35-,36-,37+,40-,41-,42-,43+,44+,45+/m1/s1. The number of nitrogens with two attached hydrogens (primary N) is 1. The minimum absolute atomic E-state index is 0.126. The number of fused-ring (bicyclic) bond motifs is 3. The van der Waals surface area contributed by atoms with Crippen LogP contribution in [-0.4, -0.2) is 64.4 Å². The number of carbonyl (C=O) groups is 1. The Kier molecular flexibility index (Phi) is 9.82. The van der Waals surface area contributed by atoms with Gasteiger partial charge in [0.25, 0.3) is 0 Å². The zero-order chi connectivity index (χ0) is 39.2. The summed E-state index contributed by atoms with van der Waals surface area (Å²) in [6.45, 7) is 24.4. The predicted octanol–water partition coefficient (Wildman–Crippen LogP) is 8.84. The topological polar surface area (TPSA) is 122 Å². The molecule has 3 N–H and O–H groups in total. The van der Waals surface area contributed by atoms with Crippen molar-refractivity contribution < 1.29 is 24.1 Å². The number of allylic oxidation sites excluding steroid dienone is 1. The Labute approximate surface area is 324 Å². The highest BCUT2D eigenvalue weighted by Crippen LogP contribution is 2.75. The molecule has 4 fully saturated rings. The molecule has 0 radical (unpaired) electrons. The zero-order valence-corrected chi connectivity index (χ0v) is 34.9. The van der Waals surface area contributed by atoms with Crippen LogP contribution in [-0.2, 0) is 14.3 Å². The summed E-state index contributed by atoms with van der Waals surface area (Å²) >= 11 is 0. The van der Waals surface area contributed by atoms with Crippen LogP contribution in [0.4, 0.5) is 0 Å². The van der Waals surface area contributed by atoms with Crippen LogP contribution in [0.3, 0.4) is 0 Å². The Bertz CT molecular complexity index is 1770. The lowest BCUT2D eigenvalue weighted by Gasteiger charge is -2.71. The van der Waals surface area contributed by atoms with Crippen molar-refractivity contribution in [2.24, 2.45) is 68.3 Å². The Morgan fingerprint density at radius 2 is 1.83 bits per heavy atom. The predicted molar refractivity (Wildman–Crippen MR) is 212 cm³/mol. The van der Waals surface area contributed by atoms with Crippen LogP contribution in [0.1, 0.15) is 114 Å². The van der Waals surface area contributed by atoms with Crippen LogP contribution in [0.15, 0.2) is 42.2 Å². The lowest BCUT2D eigenvalue weighted by atomic mass is 9.34. The number of ether oxygens (including phenoxy) is 3. The van der Waals surface area contributed by atoms with Gasteiger partial charge in [-0.25, -0.2) is 9.67 Å². The molecular weight excluding hydrogens is 677 g/mol. The van der Waals surface area contributed by atoms with Gasteiger partial charge in [0.2, 0.25) is 0 Å². The van der Waals surface area contributed by atoms with Crippen molar-refractivity contribution in [3.63, 3.8) is 0 Å². The van der Waals surface area contributed by atoms with Crippen molar-refractivity contribution in [2.45, 2.75) is 125 Å². The number of aliphatic carboxylic acids is 1. The third kappa shape index (κ3) is 5.59. The molecule has 9 heteroatoms. The van der Waals surface area contributed by atoms with Gasteiger partial charge < -0.3 is 25.1 Å². The van der Waals surface area contributed by atoms with E-state index in [-0.39, 0.29) is 46.1 Å². The molecule has 1 aromatic carbocycles. The summed E-state index contributed by atoms with van der Waals surface area (Å²) in [5.41, 5.74) is 7.39. The molecule has 2 aromatic rings. The van der Waals surface area contributed by atoms with Crippen LogP contribution in [0.2, 0.25) is 0 Å².